The van der Waals surface area contributed by atoms with Crippen LogP contribution in [-0.4, -0.2) is 38.9 Å². The molecule has 1 aliphatic rings. The number of ketones is 1. The number of carbonyl (C=O) groups is 3. The van der Waals surface area contributed by atoms with Gasteiger partial charge in [-0.05, 0) is 82.7 Å². The molecule has 0 saturated heterocycles. The summed E-state index contributed by atoms with van der Waals surface area (Å²) in [4.78, 5) is 40.3. The maximum atomic E-state index is 13.9. The van der Waals surface area contributed by atoms with Gasteiger partial charge in [-0.1, -0.05) is 0 Å². The molecule has 3 N–H and O–H groups in total. The molecule has 0 atom stereocenters. The molecule has 0 aliphatic heterocycles. The van der Waals surface area contributed by atoms with Gasteiger partial charge in [0.25, 0.3) is 11.7 Å². The standard InChI is InChI=1S/C24H30FN3O4/c1-13-12-17(6-7-18(13)25)28(16-8-10-24(4,32)11-9-16)23(31)21(29)20-14(2)19(22(26)30)15(3)27(20)5/h6-7,12,16,32H,8-11H2,1-5H3,(H2,26,30). The van der Waals surface area contributed by atoms with Gasteiger partial charge >= 0.3 is 5.91 Å². The van der Waals surface area contributed by atoms with E-state index in [1.807, 2.05) is 0 Å². The number of primary amides is 1. The third-order valence-electron chi connectivity index (χ3n) is 6.62. The number of rotatable bonds is 5. The van der Waals surface area contributed by atoms with Crippen molar-refractivity contribution in [3.63, 3.8) is 0 Å². The Morgan fingerprint density at radius 2 is 1.78 bits per heavy atom. The van der Waals surface area contributed by atoms with E-state index < -0.39 is 29.0 Å². The molecule has 2 amide bonds. The minimum absolute atomic E-state index is 0.105. The van der Waals surface area contributed by atoms with Crippen molar-refractivity contribution in [3.8, 4) is 0 Å². The second kappa shape index (κ2) is 8.50. The van der Waals surface area contributed by atoms with Crippen molar-refractivity contribution in [3.05, 3.63) is 52.1 Å². The largest absolute Gasteiger partial charge is 0.390 e. The number of halogens is 1. The number of hydrogen-bond donors (Lipinski definition) is 2. The van der Waals surface area contributed by atoms with Crippen LogP contribution in [-0.2, 0) is 11.8 Å². The monoisotopic (exact) mass is 443 g/mol. The van der Waals surface area contributed by atoms with Crippen molar-refractivity contribution in [2.45, 2.75) is 65.0 Å². The van der Waals surface area contributed by atoms with Crippen molar-refractivity contribution in [1.29, 1.82) is 0 Å². The maximum Gasteiger partial charge on any atom is 0.301 e. The average molecular weight is 444 g/mol. The quantitative estimate of drug-likeness (QED) is 0.547. The van der Waals surface area contributed by atoms with Crippen molar-refractivity contribution in [2.24, 2.45) is 12.8 Å². The molecule has 1 aliphatic carbocycles. The summed E-state index contributed by atoms with van der Waals surface area (Å²) in [7, 11) is 1.61. The fourth-order valence-electron chi connectivity index (χ4n) is 4.63. The van der Waals surface area contributed by atoms with Gasteiger partial charge < -0.3 is 20.3 Å². The van der Waals surface area contributed by atoms with Crippen LogP contribution in [0.5, 0.6) is 0 Å². The number of nitrogens with two attached hydrogens (primary N) is 1. The number of Topliss-reactive ketones (excluding diaryl/α,β-unsaturated/α-hetero) is 1. The summed E-state index contributed by atoms with van der Waals surface area (Å²) >= 11 is 0. The molecule has 0 radical (unpaired) electrons. The van der Waals surface area contributed by atoms with E-state index in [-0.39, 0.29) is 17.3 Å². The maximum absolute atomic E-state index is 13.9. The Kier molecular flexibility index (Phi) is 6.29. The second-order valence-corrected chi connectivity index (χ2v) is 9.02. The predicted molar refractivity (Wildman–Crippen MR) is 119 cm³/mol. The fraction of sp³-hybridized carbons (Fsp3) is 0.458. The normalized spacial score (nSPS) is 20.8. The number of aliphatic hydroxyl groups is 1. The molecule has 3 rings (SSSR count). The molecule has 0 unspecified atom stereocenters. The Hall–Kier alpha value is -3.00. The Morgan fingerprint density at radius 1 is 1.19 bits per heavy atom. The summed E-state index contributed by atoms with van der Waals surface area (Å²) in [6.07, 6.45) is 1.95. The van der Waals surface area contributed by atoms with Gasteiger partial charge in [-0.15, -0.1) is 0 Å². The molecule has 1 aromatic carbocycles. The highest BCUT2D eigenvalue weighted by atomic mass is 19.1. The Balaban J connectivity index is 2.06. The van der Waals surface area contributed by atoms with Crippen LogP contribution >= 0.6 is 0 Å². The minimum atomic E-state index is -0.823. The van der Waals surface area contributed by atoms with Gasteiger partial charge in [0.1, 0.15) is 5.82 Å². The lowest BCUT2D eigenvalue weighted by molar-refractivity contribution is -0.115. The number of anilines is 1. The summed E-state index contributed by atoms with van der Waals surface area (Å²) in [5.41, 5.74) is 6.63. The average Bonchev–Trinajstić information content (AvgIpc) is 2.93. The number of hydrogen-bond acceptors (Lipinski definition) is 4. The Morgan fingerprint density at radius 3 is 2.28 bits per heavy atom. The summed E-state index contributed by atoms with van der Waals surface area (Å²) < 4.78 is 15.4. The van der Waals surface area contributed by atoms with Crippen LogP contribution < -0.4 is 10.6 Å². The first-order valence-electron chi connectivity index (χ1n) is 10.7. The van der Waals surface area contributed by atoms with Crippen LogP contribution in [0.2, 0.25) is 0 Å². The Labute approximate surface area is 187 Å². The van der Waals surface area contributed by atoms with Crippen LogP contribution in [0.15, 0.2) is 18.2 Å². The highest BCUT2D eigenvalue weighted by Gasteiger charge is 2.38. The first-order chi connectivity index (χ1) is 14.9. The second-order valence-electron chi connectivity index (χ2n) is 9.02. The van der Waals surface area contributed by atoms with Gasteiger partial charge in [0.15, 0.2) is 0 Å². The number of carbonyl (C=O) groups excluding carboxylic acids is 3. The molecule has 2 aromatic rings. The summed E-state index contributed by atoms with van der Waals surface area (Å²) in [6, 6.07) is 3.98. The number of aromatic nitrogens is 1. The number of nitrogens with zero attached hydrogens (tertiary/aromatic N) is 2. The Bertz CT molecular complexity index is 1090. The van der Waals surface area contributed by atoms with Crippen LogP contribution in [0.4, 0.5) is 10.1 Å². The molecular formula is C24H30FN3O4. The molecule has 32 heavy (non-hydrogen) atoms. The summed E-state index contributed by atoms with van der Waals surface area (Å²) in [5.74, 6) is -2.59. The third-order valence-corrected chi connectivity index (χ3v) is 6.62. The third kappa shape index (κ3) is 4.19. The summed E-state index contributed by atoms with van der Waals surface area (Å²) in [6.45, 7) is 6.61. The predicted octanol–water partition coefficient (Wildman–Crippen LogP) is 3.10. The van der Waals surface area contributed by atoms with E-state index in [1.165, 1.54) is 21.6 Å². The van der Waals surface area contributed by atoms with Gasteiger partial charge in [-0.2, -0.15) is 0 Å². The molecule has 0 bridgehead atoms. The molecule has 1 saturated carbocycles. The van der Waals surface area contributed by atoms with Crippen LogP contribution in [0.3, 0.4) is 0 Å². The zero-order chi connectivity index (χ0) is 24.0. The number of amides is 2. The highest BCUT2D eigenvalue weighted by molar-refractivity contribution is 6.47. The molecule has 1 heterocycles. The zero-order valence-electron chi connectivity index (χ0n) is 19.2. The smallest absolute Gasteiger partial charge is 0.301 e. The zero-order valence-corrected chi connectivity index (χ0v) is 19.2. The van der Waals surface area contributed by atoms with Gasteiger partial charge in [0.05, 0.1) is 16.9 Å². The first kappa shape index (κ1) is 23.7. The van der Waals surface area contributed by atoms with E-state index in [9.17, 15) is 23.9 Å². The van der Waals surface area contributed by atoms with E-state index in [0.29, 0.717) is 48.2 Å². The lowest BCUT2D eigenvalue weighted by Crippen LogP contribution is -2.48. The topological polar surface area (TPSA) is 106 Å². The molecule has 0 spiro atoms. The number of aryl methyl sites for hydroxylation is 1. The van der Waals surface area contributed by atoms with E-state index in [2.05, 4.69) is 0 Å². The molecule has 1 fully saturated rings. The molecule has 1 aromatic heterocycles. The van der Waals surface area contributed by atoms with Crippen molar-refractivity contribution in [2.75, 3.05) is 4.90 Å². The lowest BCUT2D eigenvalue weighted by Gasteiger charge is -2.39. The van der Waals surface area contributed by atoms with Gasteiger partial charge in [-0.3, -0.25) is 14.4 Å². The van der Waals surface area contributed by atoms with E-state index in [1.54, 1.807) is 40.8 Å². The van der Waals surface area contributed by atoms with Crippen LogP contribution in [0, 0.1) is 26.6 Å². The molecule has 7 nitrogen and oxygen atoms in total. The molecule has 8 heteroatoms. The highest BCUT2D eigenvalue weighted by Crippen LogP contribution is 2.34. The summed E-state index contributed by atoms with van der Waals surface area (Å²) in [5, 5.41) is 10.3. The number of benzene rings is 1. The first-order valence-corrected chi connectivity index (χ1v) is 10.7. The van der Waals surface area contributed by atoms with E-state index >= 15 is 0 Å². The van der Waals surface area contributed by atoms with Gasteiger partial charge in [0.2, 0.25) is 0 Å². The van der Waals surface area contributed by atoms with E-state index in [4.69, 9.17) is 5.73 Å². The van der Waals surface area contributed by atoms with Gasteiger partial charge in [-0.25, -0.2) is 4.39 Å². The van der Waals surface area contributed by atoms with Crippen molar-refractivity contribution < 1.29 is 23.9 Å². The SMILES string of the molecule is Cc1cc(N(C(=O)C(=O)c2c(C)c(C(N)=O)c(C)n2C)C2CCC(C)(O)CC2)ccc1F. The van der Waals surface area contributed by atoms with Gasteiger partial charge in [0, 0.05) is 24.5 Å². The van der Waals surface area contributed by atoms with Crippen LogP contribution in [0.25, 0.3) is 0 Å². The lowest BCUT2D eigenvalue weighted by atomic mass is 9.82. The van der Waals surface area contributed by atoms with E-state index in [0.717, 1.165) is 0 Å². The minimum Gasteiger partial charge on any atom is -0.390 e. The molecular weight excluding hydrogens is 413 g/mol. The van der Waals surface area contributed by atoms with Crippen molar-refractivity contribution in [1.82, 2.24) is 4.57 Å². The van der Waals surface area contributed by atoms with Crippen molar-refractivity contribution >= 4 is 23.3 Å². The van der Waals surface area contributed by atoms with Crippen LogP contribution in [0.1, 0.15) is 70.3 Å². The molecule has 172 valence electrons. The fourth-order valence-corrected chi connectivity index (χ4v) is 4.63.